The van der Waals surface area contributed by atoms with Gasteiger partial charge in [-0.3, -0.25) is 25.1 Å². The van der Waals surface area contributed by atoms with E-state index in [4.69, 9.17) is 5.73 Å². The molecule has 1 amide bonds. The normalized spacial score (nSPS) is 10.4. The predicted octanol–water partition coefficient (Wildman–Crippen LogP) is 2.19. The van der Waals surface area contributed by atoms with Gasteiger partial charge in [-0.05, 0) is 30.7 Å². The van der Waals surface area contributed by atoms with Gasteiger partial charge in [0.25, 0.3) is 5.91 Å². The summed E-state index contributed by atoms with van der Waals surface area (Å²) in [5.41, 5.74) is 6.50. The van der Waals surface area contributed by atoms with Crippen LogP contribution in [0.2, 0.25) is 0 Å². The van der Waals surface area contributed by atoms with E-state index in [-0.39, 0.29) is 30.3 Å². The van der Waals surface area contributed by atoms with Crippen molar-refractivity contribution in [3.63, 3.8) is 0 Å². The Kier molecular flexibility index (Phi) is 6.79. The first-order chi connectivity index (χ1) is 13.0. The number of nitrogens with one attached hydrogen (secondary N) is 3. The fraction of sp³-hybridized carbons (Fsp3) is 0.250. The molecule has 28 heavy (non-hydrogen) atoms. The molecule has 0 bridgehead atoms. The summed E-state index contributed by atoms with van der Waals surface area (Å²) in [6.07, 6.45) is 1.13. The number of amides is 1. The predicted molar refractivity (Wildman–Crippen MR) is 104 cm³/mol. The molecule has 0 saturated carbocycles. The molecule has 3 aromatic rings. The molecule has 0 aliphatic heterocycles. The number of nitrogens with two attached hydrogens (primary N) is 1. The SMILES string of the molecule is CCCc1[nH]nc(C(=O)Nc2ccc(-c3n[nH]c(CN)n3)cc2)c1[N+](=O)[O-].Cl. The Morgan fingerprint density at radius 2 is 1.96 bits per heavy atom. The topological polar surface area (TPSA) is 169 Å². The third-order valence-electron chi connectivity index (χ3n) is 3.84. The van der Waals surface area contributed by atoms with E-state index in [0.29, 0.717) is 35.9 Å². The highest BCUT2D eigenvalue weighted by atomic mass is 35.5. The van der Waals surface area contributed by atoms with Gasteiger partial charge in [0.05, 0.1) is 11.5 Å². The quantitative estimate of drug-likeness (QED) is 0.344. The minimum Gasteiger partial charge on any atom is -0.324 e. The molecule has 12 heteroatoms. The van der Waals surface area contributed by atoms with E-state index in [1.807, 2.05) is 6.92 Å². The fourth-order valence-corrected chi connectivity index (χ4v) is 2.56. The van der Waals surface area contributed by atoms with Crippen molar-refractivity contribution in [3.05, 3.63) is 51.6 Å². The lowest BCUT2D eigenvalue weighted by molar-refractivity contribution is -0.385. The van der Waals surface area contributed by atoms with Crippen LogP contribution in [-0.4, -0.2) is 36.2 Å². The standard InChI is InChI=1S/C16H18N8O3.ClH/c1-2-3-11-14(24(26)27)13(22-20-11)16(25)18-10-6-4-9(5-7-10)15-19-12(8-17)21-23-15;/h4-7H,2-3,8,17H2,1H3,(H,18,25)(H,20,22)(H,19,21,23);1H. The number of benzene rings is 1. The van der Waals surface area contributed by atoms with Crippen LogP contribution < -0.4 is 11.1 Å². The molecule has 0 radical (unpaired) electrons. The number of aromatic amines is 2. The Morgan fingerprint density at radius 1 is 1.25 bits per heavy atom. The molecule has 5 N–H and O–H groups in total. The van der Waals surface area contributed by atoms with Crippen molar-refractivity contribution in [2.45, 2.75) is 26.3 Å². The summed E-state index contributed by atoms with van der Waals surface area (Å²) in [5.74, 6) is 0.396. The van der Waals surface area contributed by atoms with Crippen LogP contribution in [0.25, 0.3) is 11.4 Å². The van der Waals surface area contributed by atoms with Gasteiger partial charge in [0.1, 0.15) is 11.5 Å². The van der Waals surface area contributed by atoms with Gasteiger partial charge in [0.15, 0.2) is 5.82 Å². The molecule has 0 spiro atoms. The number of hydrogen-bond donors (Lipinski definition) is 4. The lowest BCUT2D eigenvalue weighted by Crippen LogP contribution is -2.14. The van der Waals surface area contributed by atoms with Gasteiger partial charge in [0.2, 0.25) is 5.69 Å². The van der Waals surface area contributed by atoms with Gasteiger partial charge in [-0.25, -0.2) is 4.98 Å². The average Bonchev–Trinajstić information content (AvgIpc) is 3.29. The number of carbonyl (C=O) groups is 1. The Balaban J connectivity index is 0.00000280. The number of aromatic nitrogens is 5. The van der Waals surface area contributed by atoms with Crippen LogP contribution in [0.5, 0.6) is 0 Å². The number of nitrogens with zero attached hydrogens (tertiary/aromatic N) is 4. The third-order valence-corrected chi connectivity index (χ3v) is 3.84. The molecule has 2 aromatic heterocycles. The maximum absolute atomic E-state index is 12.4. The monoisotopic (exact) mass is 406 g/mol. The minimum atomic E-state index is -0.656. The second-order valence-electron chi connectivity index (χ2n) is 5.75. The summed E-state index contributed by atoms with van der Waals surface area (Å²) in [7, 11) is 0. The zero-order valence-corrected chi connectivity index (χ0v) is 15.7. The molecular formula is C16H19ClN8O3. The van der Waals surface area contributed by atoms with Crippen molar-refractivity contribution >= 4 is 29.7 Å². The summed E-state index contributed by atoms with van der Waals surface area (Å²) < 4.78 is 0. The first-order valence-electron chi connectivity index (χ1n) is 8.28. The number of halogens is 1. The molecule has 0 unspecified atom stereocenters. The van der Waals surface area contributed by atoms with Gasteiger partial charge < -0.3 is 11.1 Å². The Hall–Kier alpha value is -3.31. The van der Waals surface area contributed by atoms with Gasteiger partial charge in [-0.1, -0.05) is 13.3 Å². The molecule has 148 valence electrons. The van der Waals surface area contributed by atoms with Crippen molar-refractivity contribution in [3.8, 4) is 11.4 Å². The Labute approximate surface area is 165 Å². The Bertz CT molecular complexity index is 967. The van der Waals surface area contributed by atoms with Crippen LogP contribution in [0.15, 0.2) is 24.3 Å². The van der Waals surface area contributed by atoms with Crippen LogP contribution in [0.3, 0.4) is 0 Å². The molecule has 0 aliphatic carbocycles. The third kappa shape index (κ3) is 4.32. The molecule has 2 heterocycles. The molecule has 0 aliphatic rings. The van der Waals surface area contributed by atoms with E-state index in [2.05, 4.69) is 30.7 Å². The summed E-state index contributed by atoms with van der Waals surface area (Å²) in [5, 5.41) is 27.1. The Morgan fingerprint density at radius 3 is 2.54 bits per heavy atom. The smallest absolute Gasteiger partial charge is 0.322 e. The lowest BCUT2D eigenvalue weighted by Gasteiger charge is -2.04. The first-order valence-corrected chi connectivity index (χ1v) is 8.28. The zero-order chi connectivity index (χ0) is 19.4. The van der Waals surface area contributed by atoms with E-state index < -0.39 is 10.8 Å². The number of H-pyrrole nitrogens is 2. The second-order valence-corrected chi connectivity index (χ2v) is 5.75. The summed E-state index contributed by atoms with van der Waals surface area (Å²) in [4.78, 5) is 27.3. The highest BCUT2D eigenvalue weighted by molar-refractivity contribution is 6.05. The fourth-order valence-electron chi connectivity index (χ4n) is 2.56. The van der Waals surface area contributed by atoms with E-state index >= 15 is 0 Å². The molecule has 0 atom stereocenters. The minimum absolute atomic E-state index is 0. The number of anilines is 1. The first kappa shape index (κ1) is 21.0. The van der Waals surface area contributed by atoms with Crippen LogP contribution in [0.4, 0.5) is 11.4 Å². The lowest BCUT2D eigenvalue weighted by atomic mass is 10.2. The molecular weight excluding hydrogens is 388 g/mol. The van der Waals surface area contributed by atoms with Crippen molar-refractivity contribution in [2.24, 2.45) is 5.73 Å². The maximum Gasteiger partial charge on any atom is 0.322 e. The van der Waals surface area contributed by atoms with Gasteiger partial charge in [0, 0.05) is 11.3 Å². The van der Waals surface area contributed by atoms with Crippen molar-refractivity contribution in [1.29, 1.82) is 0 Å². The molecule has 0 fully saturated rings. The largest absolute Gasteiger partial charge is 0.324 e. The molecule has 1 aromatic carbocycles. The molecule has 11 nitrogen and oxygen atoms in total. The maximum atomic E-state index is 12.4. The molecule has 3 rings (SSSR count). The highest BCUT2D eigenvalue weighted by Crippen LogP contribution is 2.24. The average molecular weight is 407 g/mol. The molecule has 0 saturated heterocycles. The number of carbonyl (C=O) groups excluding carboxylic acids is 1. The van der Waals surface area contributed by atoms with E-state index in [1.54, 1.807) is 24.3 Å². The van der Waals surface area contributed by atoms with E-state index in [1.165, 1.54) is 0 Å². The van der Waals surface area contributed by atoms with Gasteiger partial charge in [-0.2, -0.15) is 10.2 Å². The summed E-state index contributed by atoms with van der Waals surface area (Å²) in [6.45, 7) is 2.14. The second kappa shape index (κ2) is 9.06. The van der Waals surface area contributed by atoms with Crippen molar-refractivity contribution in [2.75, 3.05) is 5.32 Å². The number of rotatable bonds is 7. The number of nitro groups is 1. The summed E-state index contributed by atoms with van der Waals surface area (Å²) in [6, 6.07) is 6.75. The summed E-state index contributed by atoms with van der Waals surface area (Å²) >= 11 is 0. The van der Waals surface area contributed by atoms with Crippen molar-refractivity contribution < 1.29 is 9.72 Å². The van der Waals surface area contributed by atoms with Crippen LogP contribution in [-0.2, 0) is 13.0 Å². The van der Waals surface area contributed by atoms with E-state index in [0.717, 1.165) is 5.56 Å². The van der Waals surface area contributed by atoms with Crippen LogP contribution in [0.1, 0.15) is 35.4 Å². The number of hydrogen-bond acceptors (Lipinski definition) is 7. The van der Waals surface area contributed by atoms with E-state index in [9.17, 15) is 14.9 Å². The van der Waals surface area contributed by atoms with Gasteiger partial charge >= 0.3 is 5.69 Å². The van der Waals surface area contributed by atoms with Crippen LogP contribution >= 0.6 is 12.4 Å². The highest BCUT2D eigenvalue weighted by Gasteiger charge is 2.28. The zero-order valence-electron chi connectivity index (χ0n) is 14.9. The van der Waals surface area contributed by atoms with Gasteiger partial charge in [-0.15, -0.1) is 12.4 Å². The van der Waals surface area contributed by atoms with Crippen LogP contribution in [0, 0.1) is 10.1 Å². The van der Waals surface area contributed by atoms with Crippen molar-refractivity contribution in [1.82, 2.24) is 25.4 Å². The number of aryl methyl sites for hydroxylation is 1.